The van der Waals surface area contributed by atoms with Crippen molar-refractivity contribution < 1.29 is 4.74 Å². The van der Waals surface area contributed by atoms with Gasteiger partial charge in [0.25, 0.3) is 0 Å². The summed E-state index contributed by atoms with van der Waals surface area (Å²) in [7, 11) is 1.69. The van der Waals surface area contributed by atoms with Gasteiger partial charge in [-0.25, -0.2) is 0 Å². The normalized spacial score (nSPS) is 12.4. The van der Waals surface area contributed by atoms with E-state index < -0.39 is 0 Å². The van der Waals surface area contributed by atoms with E-state index in [4.69, 9.17) is 4.74 Å². The monoisotopic (exact) mass is 186 g/mol. The van der Waals surface area contributed by atoms with Gasteiger partial charge < -0.3 is 4.74 Å². The molecule has 2 aromatic rings. The molecule has 1 heterocycles. The van der Waals surface area contributed by atoms with Crippen molar-refractivity contribution in [2.24, 2.45) is 0 Å². The fraction of sp³-hybridized carbons (Fsp3) is 0.182. The van der Waals surface area contributed by atoms with Gasteiger partial charge in [-0.05, 0) is 23.8 Å². The van der Waals surface area contributed by atoms with E-state index in [1.807, 2.05) is 12.3 Å². The van der Waals surface area contributed by atoms with Crippen LogP contribution in [0.3, 0.4) is 0 Å². The van der Waals surface area contributed by atoms with Crippen molar-refractivity contribution in [2.45, 2.75) is 6.42 Å². The summed E-state index contributed by atoms with van der Waals surface area (Å²) in [6.45, 7) is 0. The van der Waals surface area contributed by atoms with Crippen molar-refractivity contribution in [3.05, 3.63) is 35.5 Å². The van der Waals surface area contributed by atoms with E-state index in [0.29, 0.717) is 0 Å². The maximum atomic E-state index is 5.19. The molecule has 3 heteroatoms. The summed E-state index contributed by atoms with van der Waals surface area (Å²) in [5, 5.41) is 7.05. The van der Waals surface area contributed by atoms with E-state index in [1.54, 1.807) is 7.11 Å². The Bertz CT molecular complexity index is 488. The molecule has 0 atom stereocenters. The van der Waals surface area contributed by atoms with Gasteiger partial charge in [-0.3, -0.25) is 5.10 Å². The average Bonchev–Trinajstić information content (AvgIpc) is 2.75. The molecular weight excluding hydrogens is 176 g/mol. The third kappa shape index (κ3) is 0.894. The number of nitrogens with zero attached hydrogens (tertiary/aromatic N) is 1. The van der Waals surface area contributed by atoms with Crippen LogP contribution in [0.25, 0.3) is 11.3 Å². The number of hydrogen-bond donors (Lipinski definition) is 1. The number of H-pyrrole nitrogens is 1. The second-order valence-corrected chi connectivity index (χ2v) is 3.47. The Balaban J connectivity index is 2.18. The predicted molar refractivity (Wildman–Crippen MR) is 53.4 cm³/mol. The Morgan fingerprint density at radius 3 is 3.14 bits per heavy atom. The maximum absolute atomic E-state index is 5.19. The molecule has 70 valence electrons. The van der Waals surface area contributed by atoms with Crippen molar-refractivity contribution in [2.75, 3.05) is 7.11 Å². The number of rotatable bonds is 1. The topological polar surface area (TPSA) is 37.9 Å². The van der Waals surface area contributed by atoms with Crippen molar-refractivity contribution in [3.63, 3.8) is 0 Å². The van der Waals surface area contributed by atoms with Crippen LogP contribution in [0.2, 0.25) is 0 Å². The summed E-state index contributed by atoms with van der Waals surface area (Å²) < 4.78 is 5.19. The van der Waals surface area contributed by atoms with Crippen molar-refractivity contribution in [1.82, 2.24) is 10.2 Å². The summed E-state index contributed by atoms with van der Waals surface area (Å²) in [4.78, 5) is 0. The lowest BCUT2D eigenvalue weighted by Crippen LogP contribution is -1.86. The van der Waals surface area contributed by atoms with Gasteiger partial charge in [0.15, 0.2) is 0 Å². The van der Waals surface area contributed by atoms with Gasteiger partial charge in [-0.15, -0.1) is 0 Å². The van der Waals surface area contributed by atoms with Gasteiger partial charge in [0.05, 0.1) is 19.0 Å². The average molecular weight is 186 g/mol. The van der Waals surface area contributed by atoms with Crippen LogP contribution in [0, 0.1) is 0 Å². The zero-order valence-corrected chi connectivity index (χ0v) is 7.87. The second-order valence-electron chi connectivity index (χ2n) is 3.47. The first-order valence-electron chi connectivity index (χ1n) is 4.58. The lowest BCUT2D eigenvalue weighted by Gasteiger charge is -2.03. The maximum Gasteiger partial charge on any atom is 0.119 e. The minimum absolute atomic E-state index is 0.918. The van der Waals surface area contributed by atoms with Crippen molar-refractivity contribution in [3.8, 4) is 17.0 Å². The molecule has 0 spiro atoms. The van der Waals surface area contributed by atoms with Crippen LogP contribution >= 0.6 is 0 Å². The molecule has 0 saturated carbocycles. The van der Waals surface area contributed by atoms with Crippen LogP contribution in [0.5, 0.6) is 5.75 Å². The fourth-order valence-electron chi connectivity index (χ4n) is 1.97. The first-order chi connectivity index (χ1) is 6.88. The number of aromatic nitrogens is 2. The predicted octanol–water partition coefficient (Wildman–Crippen LogP) is 1.99. The van der Waals surface area contributed by atoms with Crippen LogP contribution in [0.4, 0.5) is 0 Å². The number of aromatic amines is 1. The Kier molecular flexibility index (Phi) is 1.42. The van der Waals surface area contributed by atoms with E-state index in [9.17, 15) is 0 Å². The molecule has 1 aromatic carbocycles. The van der Waals surface area contributed by atoms with E-state index in [1.165, 1.54) is 16.7 Å². The van der Waals surface area contributed by atoms with E-state index in [0.717, 1.165) is 17.9 Å². The molecule has 3 rings (SSSR count). The second kappa shape index (κ2) is 2.61. The first kappa shape index (κ1) is 7.62. The number of methoxy groups -OCH3 is 1. The number of ether oxygens (including phenoxy) is 1. The standard InChI is InChI=1S/C11H10N2O/c1-14-9-2-3-10-7(5-9)4-8-6-12-13-11(8)10/h2-3,5-6H,4H2,1H3,(H,12,13). The molecule has 3 nitrogen and oxygen atoms in total. The molecule has 0 fully saturated rings. The molecule has 1 N–H and O–H groups in total. The highest BCUT2D eigenvalue weighted by atomic mass is 16.5. The van der Waals surface area contributed by atoms with E-state index >= 15 is 0 Å². The first-order valence-corrected chi connectivity index (χ1v) is 4.58. The molecule has 0 radical (unpaired) electrons. The number of nitrogens with one attached hydrogen (secondary N) is 1. The highest BCUT2D eigenvalue weighted by Gasteiger charge is 2.20. The minimum Gasteiger partial charge on any atom is -0.497 e. The number of hydrogen-bond acceptors (Lipinski definition) is 2. The van der Waals surface area contributed by atoms with Crippen LogP contribution in [0.1, 0.15) is 11.1 Å². The number of fused-ring (bicyclic) bond motifs is 3. The van der Waals surface area contributed by atoms with Crippen molar-refractivity contribution in [1.29, 1.82) is 0 Å². The van der Waals surface area contributed by atoms with E-state index in [-0.39, 0.29) is 0 Å². The number of benzene rings is 1. The quantitative estimate of drug-likeness (QED) is 0.631. The Hall–Kier alpha value is -1.77. The molecular formula is C11H10N2O. The zero-order chi connectivity index (χ0) is 9.54. The molecule has 0 saturated heterocycles. The molecule has 1 aliphatic carbocycles. The largest absolute Gasteiger partial charge is 0.497 e. The van der Waals surface area contributed by atoms with Gasteiger partial charge in [-0.2, -0.15) is 5.10 Å². The Morgan fingerprint density at radius 1 is 1.36 bits per heavy atom. The lowest BCUT2D eigenvalue weighted by molar-refractivity contribution is 0.414. The summed E-state index contributed by atoms with van der Waals surface area (Å²) in [6, 6.07) is 6.15. The van der Waals surface area contributed by atoms with Gasteiger partial charge in [0.1, 0.15) is 5.75 Å². The molecule has 0 unspecified atom stereocenters. The summed E-state index contributed by atoms with van der Waals surface area (Å²) in [5.41, 5.74) is 4.99. The molecule has 1 aliphatic rings. The molecule has 0 amide bonds. The minimum atomic E-state index is 0.918. The Morgan fingerprint density at radius 2 is 2.29 bits per heavy atom. The van der Waals surface area contributed by atoms with Gasteiger partial charge >= 0.3 is 0 Å². The van der Waals surface area contributed by atoms with Gasteiger partial charge in [0.2, 0.25) is 0 Å². The molecule has 14 heavy (non-hydrogen) atoms. The van der Waals surface area contributed by atoms with Gasteiger partial charge in [-0.1, -0.05) is 0 Å². The third-order valence-electron chi connectivity index (χ3n) is 2.68. The third-order valence-corrected chi connectivity index (χ3v) is 2.68. The smallest absolute Gasteiger partial charge is 0.119 e. The highest BCUT2D eigenvalue weighted by Crippen LogP contribution is 2.36. The summed E-state index contributed by atoms with van der Waals surface area (Å²) in [6.07, 6.45) is 2.85. The van der Waals surface area contributed by atoms with Crippen LogP contribution in [-0.2, 0) is 6.42 Å². The van der Waals surface area contributed by atoms with Crippen molar-refractivity contribution >= 4 is 0 Å². The fourth-order valence-corrected chi connectivity index (χ4v) is 1.97. The molecule has 0 aliphatic heterocycles. The highest BCUT2D eigenvalue weighted by molar-refractivity contribution is 5.73. The van der Waals surface area contributed by atoms with Crippen LogP contribution < -0.4 is 4.74 Å². The Labute approximate surface area is 81.7 Å². The summed E-state index contributed by atoms with van der Waals surface area (Å²) in [5.74, 6) is 0.918. The van der Waals surface area contributed by atoms with Crippen LogP contribution in [0.15, 0.2) is 24.4 Å². The molecule has 0 bridgehead atoms. The van der Waals surface area contributed by atoms with Crippen LogP contribution in [-0.4, -0.2) is 17.3 Å². The summed E-state index contributed by atoms with van der Waals surface area (Å²) >= 11 is 0. The molecule has 1 aromatic heterocycles. The SMILES string of the molecule is COc1ccc2c(c1)Cc1cn[nH]c1-2. The van der Waals surface area contributed by atoms with Gasteiger partial charge in [0, 0.05) is 17.5 Å². The lowest BCUT2D eigenvalue weighted by atomic mass is 10.1. The van der Waals surface area contributed by atoms with E-state index in [2.05, 4.69) is 22.3 Å². The zero-order valence-electron chi connectivity index (χ0n) is 7.87.